The molecule has 9 nitrogen and oxygen atoms in total. The number of nitrogens with zero attached hydrogens (tertiary/aromatic N) is 4. The Bertz CT molecular complexity index is 1840. The highest BCUT2D eigenvalue weighted by atomic mass is 16.1. The number of hydrogen-bond acceptors (Lipinski definition) is 5. The van der Waals surface area contributed by atoms with Gasteiger partial charge in [-0.2, -0.15) is 5.10 Å². The second-order valence-electron chi connectivity index (χ2n) is 10.6. The predicted octanol–water partition coefficient (Wildman–Crippen LogP) is 5.60. The number of piperidine rings is 1. The summed E-state index contributed by atoms with van der Waals surface area (Å²) in [6.07, 6.45) is 10.0. The lowest BCUT2D eigenvalue weighted by atomic mass is 9.94. The zero-order valence-corrected chi connectivity index (χ0v) is 22.2. The molecular weight excluding hydrogens is 500 g/mol. The van der Waals surface area contributed by atoms with Gasteiger partial charge in [0.25, 0.3) is 0 Å². The van der Waals surface area contributed by atoms with Crippen molar-refractivity contribution in [2.24, 2.45) is 5.92 Å². The maximum absolute atomic E-state index is 12.7. The monoisotopic (exact) mass is 530 g/mol. The number of aromatic nitrogens is 6. The second-order valence-corrected chi connectivity index (χ2v) is 10.6. The van der Waals surface area contributed by atoms with Crippen molar-refractivity contribution < 1.29 is 4.79 Å². The largest absolute Gasteiger partial charge is 0.353 e. The molecule has 5 heterocycles. The molecule has 1 aliphatic rings. The number of anilines is 1. The third-order valence-corrected chi connectivity index (χ3v) is 7.74. The molecule has 0 spiro atoms. The van der Waals surface area contributed by atoms with Gasteiger partial charge < -0.3 is 20.2 Å². The van der Waals surface area contributed by atoms with Crippen molar-refractivity contribution >= 4 is 33.4 Å². The maximum atomic E-state index is 12.7. The van der Waals surface area contributed by atoms with E-state index < -0.39 is 0 Å². The number of carbonyl (C=O) groups is 1. The minimum Gasteiger partial charge on any atom is -0.353 e. The summed E-state index contributed by atoms with van der Waals surface area (Å²) in [5.74, 6) is 0.478. The summed E-state index contributed by atoms with van der Waals surface area (Å²) in [6.45, 7) is 3.95. The average Bonchev–Trinajstić information content (AvgIpc) is 3.71. The molecule has 0 aliphatic carbocycles. The van der Waals surface area contributed by atoms with E-state index in [1.807, 2.05) is 54.5 Å². The van der Waals surface area contributed by atoms with E-state index in [1.54, 1.807) is 6.20 Å². The van der Waals surface area contributed by atoms with Gasteiger partial charge in [-0.25, -0.2) is 4.98 Å². The van der Waals surface area contributed by atoms with Gasteiger partial charge >= 0.3 is 0 Å². The third kappa shape index (κ3) is 4.65. The van der Waals surface area contributed by atoms with E-state index >= 15 is 0 Å². The van der Waals surface area contributed by atoms with E-state index in [0.717, 1.165) is 81.6 Å². The van der Waals surface area contributed by atoms with Crippen LogP contribution in [-0.4, -0.2) is 48.7 Å². The Morgan fingerprint density at radius 3 is 2.77 bits per heavy atom. The first-order chi connectivity index (χ1) is 19.6. The van der Waals surface area contributed by atoms with Gasteiger partial charge in [-0.3, -0.25) is 14.9 Å². The Kier molecular flexibility index (Phi) is 6.13. The van der Waals surface area contributed by atoms with Gasteiger partial charge in [0, 0.05) is 40.7 Å². The SMILES string of the molecule is Cc1cn(-c2cccc3[nH]c(-c4n[nH]c5ccc(-c6cncc(NC(=O)CC7CCNCC7)c6)cc45)cc23)cn1. The number of fused-ring (bicyclic) bond motifs is 2. The van der Waals surface area contributed by atoms with Crippen molar-refractivity contribution in [3.8, 4) is 28.2 Å². The molecule has 0 unspecified atom stereocenters. The lowest BCUT2D eigenvalue weighted by Crippen LogP contribution is -2.30. The van der Waals surface area contributed by atoms with Crippen LogP contribution in [0.2, 0.25) is 0 Å². The summed E-state index contributed by atoms with van der Waals surface area (Å²) < 4.78 is 2.04. The summed E-state index contributed by atoms with van der Waals surface area (Å²) >= 11 is 0. The fourth-order valence-corrected chi connectivity index (χ4v) is 5.67. The third-order valence-electron chi connectivity index (χ3n) is 7.74. The fraction of sp³-hybridized carbons (Fsp3) is 0.226. The van der Waals surface area contributed by atoms with Crippen molar-refractivity contribution in [3.05, 3.63) is 79.1 Å². The lowest BCUT2D eigenvalue weighted by Gasteiger charge is -2.21. The number of aromatic amines is 2. The number of carbonyl (C=O) groups excluding carboxylic acids is 1. The quantitative estimate of drug-likeness (QED) is 0.224. The minimum absolute atomic E-state index is 0.0439. The lowest BCUT2D eigenvalue weighted by molar-refractivity contribution is -0.117. The normalized spacial score (nSPS) is 14.2. The molecule has 200 valence electrons. The molecule has 9 heteroatoms. The Balaban J connectivity index is 1.19. The highest BCUT2D eigenvalue weighted by Crippen LogP contribution is 2.34. The van der Waals surface area contributed by atoms with Gasteiger partial charge in [0.05, 0.1) is 40.8 Å². The van der Waals surface area contributed by atoms with Crippen LogP contribution in [0, 0.1) is 12.8 Å². The number of amides is 1. The molecule has 40 heavy (non-hydrogen) atoms. The number of H-pyrrole nitrogens is 2. The van der Waals surface area contributed by atoms with Crippen LogP contribution in [0.1, 0.15) is 25.0 Å². The van der Waals surface area contributed by atoms with Gasteiger partial charge in [-0.05, 0) is 80.7 Å². The molecule has 0 bridgehead atoms. The molecule has 2 aromatic carbocycles. The Labute approximate surface area is 231 Å². The van der Waals surface area contributed by atoms with Gasteiger partial charge in [0.2, 0.25) is 5.91 Å². The number of benzene rings is 2. The molecule has 4 aromatic heterocycles. The molecule has 1 aliphatic heterocycles. The van der Waals surface area contributed by atoms with Crippen LogP contribution in [-0.2, 0) is 4.79 Å². The minimum atomic E-state index is 0.0439. The van der Waals surface area contributed by atoms with Crippen LogP contribution < -0.4 is 10.6 Å². The zero-order valence-electron chi connectivity index (χ0n) is 22.2. The van der Waals surface area contributed by atoms with Crippen LogP contribution in [0.5, 0.6) is 0 Å². The maximum Gasteiger partial charge on any atom is 0.224 e. The van der Waals surface area contributed by atoms with Crippen molar-refractivity contribution in [3.63, 3.8) is 0 Å². The van der Waals surface area contributed by atoms with Crippen LogP contribution in [0.25, 0.3) is 50.0 Å². The van der Waals surface area contributed by atoms with E-state index in [1.165, 1.54) is 0 Å². The molecule has 0 saturated carbocycles. The highest BCUT2D eigenvalue weighted by molar-refractivity contribution is 5.99. The molecule has 1 saturated heterocycles. The smallest absolute Gasteiger partial charge is 0.224 e. The van der Waals surface area contributed by atoms with E-state index in [4.69, 9.17) is 0 Å². The number of hydrogen-bond donors (Lipinski definition) is 4. The van der Waals surface area contributed by atoms with Gasteiger partial charge in [-0.15, -0.1) is 0 Å². The Hall–Kier alpha value is -4.76. The standard InChI is InChI=1S/C31H30N8O/c1-19-17-39(18-34-19)29-4-2-3-26-24(29)14-28(36-26)31-25-13-21(5-6-27(25)37-38-31)22-12-23(16-33-15-22)35-30(40)11-20-7-9-32-10-8-20/h2-6,12-18,20,32,36H,7-11H2,1H3,(H,35,40)(H,37,38). The number of rotatable bonds is 6. The zero-order chi connectivity index (χ0) is 27.1. The van der Waals surface area contributed by atoms with Gasteiger partial charge in [0.15, 0.2) is 0 Å². The topological polar surface area (TPSA) is 116 Å². The van der Waals surface area contributed by atoms with Crippen molar-refractivity contribution in [2.75, 3.05) is 18.4 Å². The molecule has 0 radical (unpaired) electrons. The van der Waals surface area contributed by atoms with Crippen LogP contribution in [0.3, 0.4) is 0 Å². The fourth-order valence-electron chi connectivity index (χ4n) is 5.67. The van der Waals surface area contributed by atoms with E-state index in [0.29, 0.717) is 18.0 Å². The first kappa shape index (κ1) is 24.3. The molecule has 0 atom stereocenters. The molecule has 4 N–H and O–H groups in total. The first-order valence-electron chi connectivity index (χ1n) is 13.7. The Morgan fingerprint density at radius 2 is 1.93 bits per heavy atom. The highest BCUT2D eigenvalue weighted by Gasteiger charge is 2.18. The summed E-state index contributed by atoms with van der Waals surface area (Å²) in [4.78, 5) is 25.0. The summed E-state index contributed by atoms with van der Waals surface area (Å²) in [5.41, 5.74) is 8.43. The second kappa shape index (κ2) is 10.1. The van der Waals surface area contributed by atoms with Crippen LogP contribution >= 0.6 is 0 Å². The number of pyridine rings is 1. The molecular formula is C31H30N8O. The van der Waals surface area contributed by atoms with Crippen molar-refractivity contribution in [2.45, 2.75) is 26.2 Å². The molecule has 6 aromatic rings. The molecule has 1 amide bonds. The number of aryl methyl sites for hydroxylation is 1. The average molecular weight is 531 g/mol. The van der Waals surface area contributed by atoms with Crippen LogP contribution in [0.4, 0.5) is 5.69 Å². The van der Waals surface area contributed by atoms with Crippen molar-refractivity contribution in [1.29, 1.82) is 0 Å². The van der Waals surface area contributed by atoms with Gasteiger partial charge in [-0.1, -0.05) is 12.1 Å². The number of nitrogens with one attached hydrogen (secondary N) is 4. The summed E-state index contributed by atoms with van der Waals surface area (Å²) in [5, 5.41) is 16.3. The van der Waals surface area contributed by atoms with Crippen molar-refractivity contribution in [1.82, 2.24) is 35.0 Å². The summed E-state index contributed by atoms with van der Waals surface area (Å²) in [7, 11) is 0. The summed E-state index contributed by atoms with van der Waals surface area (Å²) in [6, 6.07) is 16.5. The first-order valence-corrected chi connectivity index (χ1v) is 13.7. The van der Waals surface area contributed by atoms with Crippen LogP contribution in [0.15, 0.2) is 73.4 Å². The molecule has 7 rings (SSSR count). The van der Waals surface area contributed by atoms with Gasteiger partial charge in [0.1, 0.15) is 5.69 Å². The Morgan fingerprint density at radius 1 is 1.02 bits per heavy atom. The van der Waals surface area contributed by atoms with E-state index in [-0.39, 0.29) is 5.91 Å². The number of imidazole rings is 1. The molecule has 1 fully saturated rings. The van der Waals surface area contributed by atoms with E-state index in [9.17, 15) is 4.79 Å². The predicted molar refractivity (Wildman–Crippen MR) is 157 cm³/mol. The van der Waals surface area contributed by atoms with E-state index in [2.05, 4.69) is 60.0 Å².